The number of aromatic nitrogens is 1. The van der Waals surface area contributed by atoms with Crippen LogP contribution >= 0.6 is 0 Å². The van der Waals surface area contributed by atoms with Crippen molar-refractivity contribution >= 4 is 22.3 Å². The van der Waals surface area contributed by atoms with Crippen LogP contribution in [0.1, 0.15) is 6.92 Å². The third kappa shape index (κ3) is 3.03. The molecule has 0 aliphatic rings. The number of hydrogen-bond acceptors (Lipinski definition) is 5. The number of nitrogens with zero attached hydrogens (tertiary/aromatic N) is 2. The van der Waals surface area contributed by atoms with Crippen LogP contribution in [0.25, 0.3) is 10.9 Å². The van der Waals surface area contributed by atoms with Gasteiger partial charge in [0.15, 0.2) is 0 Å². The molecule has 20 heavy (non-hydrogen) atoms. The fourth-order valence-corrected chi connectivity index (χ4v) is 2.09. The zero-order chi connectivity index (χ0) is 14.5. The van der Waals surface area contributed by atoms with Crippen LogP contribution in [0.15, 0.2) is 30.5 Å². The standard InChI is InChI=1S/C14H17N3O3/c1-10(9-20-2)8-16-12-5-6-13(17(18)19)14-11(12)4-3-7-15-14/h3-7,10,16H,8-9H2,1-2H3. The number of fused-ring (bicyclic) bond motifs is 1. The summed E-state index contributed by atoms with van der Waals surface area (Å²) in [5.74, 6) is 0.349. The number of hydrogen-bond donors (Lipinski definition) is 1. The summed E-state index contributed by atoms with van der Waals surface area (Å²) in [5.41, 5.74) is 1.28. The Labute approximate surface area is 116 Å². The van der Waals surface area contributed by atoms with Crippen molar-refractivity contribution in [3.8, 4) is 0 Å². The Morgan fingerprint density at radius 2 is 2.25 bits per heavy atom. The molecule has 1 aromatic heterocycles. The van der Waals surface area contributed by atoms with Gasteiger partial charge in [0.25, 0.3) is 5.69 Å². The monoisotopic (exact) mass is 275 g/mol. The van der Waals surface area contributed by atoms with E-state index in [4.69, 9.17) is 4.74 Å². The number of ether oxygens (including phenoxy) is 1. The van der Waals surface area contributed by atoms with Crippen molar-refractivity contribution in [3.05, 3.63) is 40.6 Å². The van der Waals surface area contributed by atoms with Gasteiger partial charge < -0.3 is 10.1 Å². The van der Waals surface area contributed by atoms with Gasteiger partial charge in [-0.1, -0.05) is 6.92 Å². The van der Waals surface area contributed by atoms with Gasteiger partial charge in [-0.3, -0.25) is 10.1 Å². The third-order valence-electron chi connectivity index (χ3n) is 3.04. The second kappa shape index (κ2) is 6.29. The minimum Gasteiger partial charge on any atom is -0.384 e. The lowest BCUT2D eigenvalue weighted by Gasteiger charge is -2.14. The molecular formula is C14H17N3O3. The number of benzene rings is 1. The summed E-state index contributed by atoms with van der Waals surface area (Å²) in [4.78, 5) is 14.7. The summed E-state index contributed by atoms with van der Waals surface area (Å²) < 4.78 is 5.09. The van der Waals surface area contributed by atoms with Gasteiger partial charge in [-0.2, -0.15) is 0 Å². The maximum atomic E-state index is 11.0. The van der Waals surface area contributed by atoms with Crippen molar-refractivity contribution in [1.82, 2.24) is 4.98 Å². The normalized spacial score (nSPS) is 12.3. The molecule has 0 spiro atoms. The van der Waals surface area contributed by atoms with E-state index in [-0.39, 0.29) is 5.69 Å². The Morgan fingerprint density at radius 1 is 1.45 bits per heavy atom. The summed E-state index contributed by atoms with van der Waals surface area (Å²) in [6.07, 6.45) is 1.56. The van der Waals surface area contributed by atoms with Gasteiger partial charge in [0, 0.05) is 37.0 Å². The zero-order valence-electron chi connectivity index (χ0n) is 11.5. The molecule has 1 atom stereocenters. The number of nitro benzene ring substituents is 1. The molecular weight excluding hydrogens is 258 g/mol. The number of pyridine rings is 1. The number of methoxy groups -OCH3 is 1. The van der Waals surface area contributed by atoms with Gasteiger partial charge in [0.2, 0.25) is 0 Å². The van der Waals surface area contributed by atoms with E-state index in [1.54, 1.807) is 25.4 Å². The van der Waals surface area contributed by atoms with Crippen molar-refractivity contribution in [3.63, 3.8) is 0 Å². The number of nitrogens with one attached hydrogen (secondary N) is 1. The Balaban J connectivity index is 2.31. The first-order valence-electron chi connectivity index (χ1n) is 6.38. The third-order valence-corrected chi connectivity index (χ3v) is 3.04. The molecule has 1 aromatic carbocycles. The van der Waals surface area contributed by atoms with Crippen LogP contribution in [-0.4, -0.2) is 30.2 Å². The average Bonchev–Trinajstić information content (AvgIpc) is 2.44. The van der Waals surface area contributed by atoms with Crippen molar-refractivity contribution < 1.29 is 9.66 Å². The molecule has 1 heterocycles. The van der Waals surface area contributed by atoms with Crippen LogP contribution in [0.5, 0.6) is 0 Å². The SMILES string of the molecule is COCC(C)CNc1ccc([N+](=O)[O-])c2ncccc12. The van der Waals surface area contributed by atoms with Gasteiger partial charge in [-0.15, -0.1) is 0 Å². The first-order valence-corrected chi connectivity index (χ1v) is 6.38. The Bertz CT molecular complexity index is 616. The van der Waals surface area contributed by atoms with E-state index in [1.807, 2.05) is 6.07 Å². The lowest BCUT2D eigenvalue weighted by molar-refractivity contribution is -0.383. The van der Waals surface area contributed by atoms with Crippen LogP contribution in [0.3, 0.4) is 0 Å². The van der Waals surface area contributed by atoms with E-state index >= 15 is 0 Å². The Morgan fingerprint density at radius 3 is 2.95 bits per heavy atom. The molecule has 2 rings (SSSR count). The molecule has 0 saturated heterocycles. The molecule has 0 fully saturated rings. The minimum absolute atomic E-state index is 0.0242. The Kier molecular flexibility index (Phi) is 4.47. The van der Waals surface area contributed by atoms with Crippen LogP contribution < -0.4 is 5.32 Å². The molecule has 1 N–H and O–H groups in total. The second-order valence-electron chi connectivity index (χ2n) is 4.73. The molecule has 6 heteroatoms. The zero-order valence-corrected chi connectivity index (χ0v) is 11.5. The smallest absolute Gasteiger partial charge is 0.295 e. The molecule has 1 unspecified atom stereocenters. The van der Waals surface area contributed by atoms with Gasteiger partial charge in [-0.25, -0.2) is 4.98 Å². The minimum atomic E-state index is -0.410. The lowest BCUT2D eigenvalue weighted by Crippen LogP contribution is -2.16. The van der Waals surface area contributed by atoms with Gasteiger partial charge in [-0.05, 0) is 24.1 Å². The topological polar surface area (TPSA) is 77.3 Å². The van der Waals surface area contributed by atoms with Crippen LogP contribution in [0.4, 0.5) is 11.4 Å². The van der Waals surface area contributed by atoms with Gasteiger partial charge >= 0.3 is 0 Å². The molecule has 0 aliphatic carbocycles. The molecule has 0 aliphatic heterocycles. The first-order chi connectivity index (χ1) is 9.63. The van der Waals surface area contributed by atoms with E-state index in [0.29, 0.717) is 18.0 Å². The van der Waals surface area contributed by atoms with Crippen molar-refractivity contribution in [2.75, 3.05) is 25.6 Å². The number of anilines is 1. The van der Waals surface area contributed by atoms with Gasteiger partial charge in [0.05, 0.1) is 11.5 Å². The highest BCUT2D eigenvalue weighted by atomic mass is 16.6. The van der Waals surface area contributed by atoms with Crippen LogP contribution in [0.2, 0.25) is 0 Å². The molecule has 2 aromatic rings. The fraction of sp³-hybridized carbons (Fsp3) is 0.357. The molecule has 0 amide bonds. The van der Waals surface area contributed by atoms with Crippen molar-refractivity contribution in [2.45, 2.75) is 6.92 Å². The molecule has 106 valence electrons. The summed E-state index contributed by atoms with van der Waals surface area (Å²) >= 11 is 0. The highest BCUT2D eigenvalue weighted by molar-refractivity contribution is 5.96. The fourth-order valence-electron chi connectivity index (χ4n) is 2.09. The van der Waals surface area contributed by atoms with Crippen LogP contribution in [0, 0.1) is 16.0 Å². The van der Waals surface area contributed by atoms with Crippen LogP contribution in [-0.2, 0) is 4.74 Å². The predicted molar refractivity (Wildman–Crippen MR) is 77.9 cm³/mol. The van der Waals surface area contributed by atoms with Crippen molar-refractivity contribution in [2.24, 2.45) is 5.92 Å². The Hall–Kier alpha value is -2.21. The predicted octanol–water partition coefficient (Wildman–Crippen LogP) is 2.84. The quantitative estimate of drug-likeness (QED) is 0.648. The van der Waals surface area contributed by atoms with E-state index in [1.165, 1.54) is 6.07 Å². The molecule has 0 radical (unpaired) electrons. The highest BCUT2D eigenvalue weighted by Gasteiger charge is 2.15. The number of nitro groups is 1. The maximum Gasteiger partial charge on any atom is 0.295 e. The van der Waals surface area contributed by atoms with Crippen molar-refractivity contribution in [1.29, 1.82) is 0 Å². The van der Waals surface area contributed by atoms with E-state index in [2.05, 4.69) is 17.2 Å². The molecule has 6 nitrogen and oxygen atoms in total. The largest absolute Gasteiger partial charge is 0.384 e. The molecule has 0 bridgehead atoms. The highest BCUT2D eigenvalue weighted by Crippen LogP contribution is 2.29. The average molecular weight is 275 g/mol. The second-order valence-corrected chi connectivity index (χ2v) is 4.73. The van der Waals surface area contributed by atoms with Gasteiger partial charge in [0.1, 0.15) is 5.52 Å². The maximum absolute atomic E-state index is 11.0. The summed E-state index contributed by atoms with van der Waals surface area (Å²) in [6, 6.07) is 6.81. The van der Waals surface area contributed by atoms with E-state index in [0.717, 1.165) is 17.6 Å². The van der Waals surface area contributed by atoms with E-state index in [9.17, 15) is 10.1 Å². The van der Waals surface area contributed by atoms with E-state index < -0.39 is 4.92 Å². The summed E-state index contributed by atoms with van der Waals surface area (Å²) in [7, 11) is 1.67. The first kappa shape index (κ1) is 14.2. The summed E-state index contributed by atoms with van der Waals surface area (Å²) in [6.45, 7) is 3.47. The summed E-state index contributed by atoms with van der Waals surface area (Å²) in [5, 5.41) is 15.1. The lowest BCUT2D eigenvalue weighted by atomic mass is 10.1. The number of non-ortho nitro benzene ring substituents is 1. The number of rotatable bonds is 6. The molecule has 0 saturated carbocycles.